The van der Waals surface area contributed by atoms with Crippen molar-refractivity contribution in [1.29, 1.82) is 0 Å². The summed E-state index contributed by atoms with van der Waals surface area (Å²) in [6.45, 7) is 0. The van der Waals surface area contributed by atoms with Crippen molar-refractivity contribution >= 4 is 5.91 Å². The van der Waals surface area contributed by atoms with E-state index in [0.717, 1.165) is 24.1 Å². The van der Waals surface area contributed by atoms with E-state index >= 15 is 0 Å². The number of carbonyl (C=O) groups is 1. The van der Waals surface area contributed by atoms with Gasteiger partial charge < -0.3 is 14.8 Å². The zero-order valence-electron chi connectivity index (χ0n) is 17.0. The van der Waals surface area contributed by atoms with Gasteiger partial charge in [0.1, 0.15) is 17.8 Å². The maximum atomic E-state index is 12.5. The molecule has 0 saturated heterocycles. The van der Waals surface area contributed by atoms with Crippen LogP contribution in [0.25, 0.3) is 11.3 Å². The first-order valence-electron chi connectivity index (χ1n) is 10.3. The zero-order valence-corrected chi connectivity index (χ0v) is 17.0. The number of amides is 1. The minimum absolute atomic E-state index is 0.0156. The third-order valence-corrected chi connectivity index (χ3v) is 5.29. The summed E-state index contributed by atoms with van der Waals surface area (Å²) in [7, 11) is 1.61. The molecule has 0 aliphatic heterocycles. The maximum Gasteiger partial charge on any atom is 0.251 e. The Morgan fingerprint density at radius 3 is 2.50 bits per heavy atom. The lowest BCUT2D eigenvalue weighted by Crippen LogP contribution is -2.36. The molecule has 4 rings (SSSR count). The molecule has 1 fully saturated rings. The van der Waals surface area contributed by atoms with Gasteiger partial charge in [-0.15, -0.1) is 0 Å². The summed E-state index contributed by atoms with van der Waals surface area (Å²) in [5.74, 6) is 1.77. The van der Waals surface area contributed by atoms with E-state index in [0.29, 0.717) is 29.0 Å². The molecule has 1 N–H and O–H groups in total. The zero-order chi connectivity index (χ0) is 20.8. The number of hydrogen-bond acceptors (Lipinski definition) is 5. The van der Waals surface area contributed by atoms with Crippen molar-refractivity contribution in [1.82, 2.24) is 15.3 Å². The highest BCUT2D eigenvalue weighted by Gasteiger charge is 2.16. The molecule has 0 spiro atoms. The second-order valence-corrected chi connectivity index (χ2v) is 7.41. The standard InChI is InChI=1S/C24H25N3O3/c1-29-20-8-5-9-21(14-20)30-23-15-22(25-16-26-23)17-10-12-18(13-11-17)24(28)27-19-6-3-2-4-7-19/h5,8-16,19H,2-4,6-7H2,1H3,(H,27,28). The van der Waals surface area contributed by atoms with Gasteiger partial charge in [-0.3, -0.25) is 4.79 Å². The van der Waals surface area contributed by atoms with Crippen molar-refractivity contribution in [3.05, 3.63) is 66.5 Å². The van der Waals surface area contributed by atoms with E-state index in [4.69, 9.17) is 9.47 Å². The Morgan fingerprint density at radius 2 is 1.73 bits per heavy atom. The SMILES string of the molecule is COc1cccc(Oc2cc(-c3ccc(C(=O)NC4CCCCC4)cc3)ncn2)c1. The summed E-state index contributed by atoms with van der Waals surface area (Å²) in [5, 5.41) is 3.15. The fourth-order valence-corrected chi connectivity index (χ4v) is 3.65. The van der Waals surface area contributed by atoms with Crippen LogP contribution >= 0.6 is 0 Å². The van der Waals surface area contributed by atoms with E-state index < -0.39 is 0 Å². The smallest absolute Gasteiger partial charge is 0.251 e. The highest BCUT2D eigenvalue weighted by molar-refractivity contribution is 5.94. The van der Waals surface area contributed by atoms with Crippen molar-refractivity contribution in [2.75, 3.05) is 7.11 Å². The third kappa shape index (κ3) is 4.95. The van der Waals surface area contributed by atoms with Crippen molar-refractivity contribution in [2.24, 2.45) is 0 Å². The fraction of sp³-hybridized carbons (Fsp3) is 0.292. The number of rotatable bonds is 6. The van der Waals surface area contributed by atoms with Crippen LogP contribution in [-0.2, 0) is 0 Å². The van der Waals surface area contributed by atoms with Gasteiger partial charge in [-0.25, -0.2) is 9.97 Å². The largest absolute Gasteiger partial charge is 0.497 e. The lowest BCUT2D eigenvalue weighted by molar-refractivity contribution is 0.0927. The van der Waals surface area contributed by atoms with Crippen LogP contribution in [0.3, 0.4) is 0 Å². The van der Waals surface area contributed by atoms with Gasteiger partial charge in [0.15, 0.2) is 0 Å². The minimum Gasteiger partial charge on any atom is -0.497 e. The highest BCUT2D eigenvalue weighted by atomic mass is 16.5. The molecular weight excluding hydrogens is 378 g/mol. The number of methoxy groups -OCH3 is 1. The van der Waals surface area contributed by atoms with Gasteiger partial charge in [0.2, 0.25) is 5.88 Å². The highest BCUT2D eigenvalue weighted by Crippen LogP contribution is 2.26. The van der Waals surface area contributed by atoms with Crippen LogP contribution in [0.4, 0.5) is 0 Å². The van der Waals surface area contributed by atoms with E-state index in [-0.39, 0.29) is 5.91 Å². The summed E-state index contributed by atoms with van der Waals surface area (Å²) >= 11 is 0. The Balaban J connectivity index is 1.44. The van der Waals surface area contributed by atoms with Crippen molar-refractivity contribution in [3.63, 3.8) is 0 Å². The van der Waals surface area contributed by atoms with E-state index in [1.807, 2.05) is 42.5 Å². The van der Waals surface area contributed by atoms with Crippen LogP contribution in [-0.4, -0.2) is 29.0 Å². The summed E-state index contributed by atoms with van der Waals surface area (Å²) < 4.78 is 11.1. The number of benzene rings is 2. The maximum absolute atomic E-state index is 12.5. The molecule has 0 radical (unpaired) electrons. The molecule has 2 aromatic carbocycles. The van der Waals surface area contributed by atoms with Gasteiger partial charge in [-0.05, 0) is 37.1 Å². The number of nitrogens with zero attached hydrogens (tertiary/aromatic N) is 2. The van der Waals surface area contributed by atoms with Crippen molar-refractivity contribution < 1.29 is 14.3 Å². The molecule has 154 valence electrons. The number of hydrogen-bond donors (Lipinski definition) is 1. The molecule has 30 heavy (non-hydrogen) atoms. The van der Waals surface area contributed by atoms with Gasteiger partial charge in [-0.1, -0.05) is 37.5 Å². The van der Waals surface area contributed by atoms with E-state index in [2.05, 4.69) is 15.3 Å². The molecular formula is C24H25N3O3. The normalized spacial score (nSPS) is 14.2. The lowest BCUT2D eigenvalue weighted by atomic mass is 9.95. The molecule has 6 nitrogen and oxygen atoms in total. The summed E-state index contributed by atoms with van der Waals surface area (Å²) in [4.78, 5) is 21.0. The molecule has 1 aromatic heterocycles. The van der Waals surface area contributed by atoms with E-state index in [1.54, 1.807) is 19.2 Å². The Hall–Kier alpha value is -3.41. The number of nitrogens with one attached hydrogen (secondary N) is 1. The number of aromatic nitrogens is 2. The molecule has 0 bridgehead atoms. The first kappa shape index (κ1) is 19.9. The minimum atomic E-state index is -0.0156. The average Bonchev–Trinajstić information content (AvgIpc) is 2.80. The molecule has 6 heteroatoms. The van der Waals surface area contributed by atoms with Gasteiger partial charge in [0.25, 0.3) is 5.91 Å². The van der Waals surface area contributed by atoms with Crippen molar-refractivity contribution in [3.8, 4) is 28.6 Å². The van der Waals surface area contributed by atoms with E-state index in [1.165, 1.54) is 25.6 Å². The second kappa shape index (κ2) is 9.39. The van der Waals surface area contributed by atoms with Crippen LogP contribution in [0.15, 0.2) is 60.9 Å². The molecule has 0 atom stereocenters. The molecule has 1 amide bonds. The third-order valence-electron chi connectivity index (χ3n) is 5.29. The summed E-state index contributed by atoms with van der Waals surface area (Å²) in [6, 6.07) is 16.9. The fourth-order valence-electron chi connectivity index (χ4n) is 3.65. The van der Waals surface area contributed by atoms with Crippen molar-refractivity contribution in [2.45, 2.75) is 38.1 Å². The van der Waals surface area contributed by atoms with Crippen LogP contribution in [0, 0.1) is 0 Å². The van der Waals surface area contributed by atoms with E-state index in [9.17, 15) is 4.79 Å². The van der Waals surface area contributed by atoms with Crippen LogP contribution in [0.1, 0.15) is 42.5 Å². The molecule has 1 saturated carbocycles. The Kier molecular flexibility index (Phi) is 6.23. The summed E-state index contributed by atoms with van der Waals surface area (Å²) in [5.41, 5.74) is 2.27. The predicted molar refractivity (Wildman–Crippen MR) is 115 cm³/mol. The average molecular weight is 403 g/mol. The lowest BCUT2D eigenvalue weighted by Gasteiger charge is -2.22. The van der Waals surface area contributed by atoms with Gasteiger partial charge in [0.05, 0.1) is 12.8 Å². The van der Waals surface area contributed by atoms with Crippen LogP contribution in [0.2, 0.25) is 0 Å². The topological polar surface area (TPSA) is 73.3 Å². The second-order valence-electron chi connectivity index (χ2n) is 7.41. The monoisotopic (exact) mass is 403 g/mol. The van der Waals surface area contributed by atoms with Gasteiger partial charge in [-0.2, -0.15) is 0 Å². The summed E-state index contributed by atoms with van der Waals surface area (Å²) in [6.07, 6.45) is 7.26. The molecule has 1 heterocycles. The Bertz CT molecular complexity index is 999. The molecule has 1 aliphatic rings. The van der Waals surface area contributed by atoms with Gasteiger partial charge >= 0.3 is 0 Å². The quantitative estimate of drug-likeness (QED) is 0.626. The number of carbonyl (C=O) groups excluding carboxylic acids is 1. The molecule has 1 aliphatic carbocycles. The molecule has 3 aromatic rings. The van der Waals surface area contributed by atoms with Gasteiger partial charge in [0, 0.05) is 29.3 Å². The Labute approximate surface area is 176 Å². The Morgan fingerprint density at radius 1 is 0.967 bits per heavy atom. The predicted octanol–water partition coefficient (Wildman–Crippen LogP) is 5.01. The van der Waals surface area contributed by atoms with Crippen LogP contribution < -0.4 is 14.8 Å². The first-order valence-corrected chi connectivity index (χ1v) is 10.3. The molecule has 0 unspecified atom stereocenters. The number of ether oxygens (including phenoxy) is 2. The van der Waals surface area contributed by atoms with Crippen LogP contribution in [0.5, 0.6) is 17.4 Å². The first-order chi connectivity index (χ1) is 14.7.